The summed E-state index contributed by atoms with van der Waals surface area (Å²) in [7, 11) is 0. The molecule has 0 N–H and O–H groups in total. The Kier molecular flexibility index (Phi) is 18.3. The Labute approximate surface area is 149 Å². The van der Waals surface area contributed by atoms with Gasteiger partial charge in [0.05, 0.1) is 0 Å². The summed E-state index contributed by atoms with van der Waals surface area (Å²) < 4.78 is 0. The van der Waals surface area contributed by atoms with Gasteiger partial charge in [-0.25, -0.2) is 0 Å². The van der Waals surface area contributed by atoms with Crippen LogP contribution >= 0.6 is 0 Å². The van der Waals surface area contributed by atoms with Crippen molar-refractivity contribution < 1.29 is 0 Å². The second kappa shape index (κ2) is 18.3. The molecule has 0 aliphatic rings. The summed E-state index contributed by atoms with van der Waals surface area (Å²) in [4.78, 5) is 0. The molecule has 0 radical (unpaired) electrons. The van der Waals surface area contributed by atoms with Gasteiger partial charge in [-0.15, -0.1) is 0 Å². The maximum Gasteiger partial charge on any atom is -0.0412 e. The van der Waals surface area contributed by atoms with Crippen LogP contribution in [0.15, 0.2) is 0 Å². The molecule has 0 aliphatic heterocycles. The van der Waals surface area contributed by atoms with E-state index in [-0.39, 0.29) is 0 Å². The zero-order chi connectivity index (χ0) is 17.2. The molecule has 2 unspecified atom stereocenters. The van der Waals surface area contributed by atoms with E-state index in [4.69, 9.17) is 0 Å². The van der Waals surface area contributed by atoms with Crippen LogP contribution in [-0.4, -0.2) is 0 Å². The molecule has 2 atom stereocenters. The van der Waals surface area contributed by atoms with E-state index in [2.05, 4.69) is 27.7 Å². The Morgan fingerprint density at radius 2 is 0.870 bits per heavy atom. The monoisotopic (exact) mass is 324 g/mol. The van der Waals surface area contributed by atoms with Crippen molar-refractivity contribution in [3.05, 3.63) is 0 Å². The molecule has 0 rings (SSSR count). The van der Waals surface area contributed by atoms with Crippen molar-refractivity contribution in [2.45, 2.75) is 137 Å². The van der Waals surface area contributed by atoms with Crippen molar-refractivity contribution in [1.82, 2.24) is 0 Å². The molecule has 0 aromatic carbocycles. The van der Waals surface area contributed by atoms with Gasteiger partial charge in [-0.1, -0.05) is 130 Å². The molecule has 0 amide bonds. The van der Waals surface area contributed by atoms with Crippen LogP contribution in [0, 0.1) is 11.8 Å². The summed E-state index contributed by atoms with van der Waals surface area (Å²) in [6, 6.07) is 0. The number of unbranched alkanes of at least 4 members (excludes halogenated alkanes) is 10. The summed E-state index contributed by atoms with van der Waals surface area (Å²) in [5.74, 6) is 1.98. The van der Waals surface area contributed by atoms with Gasteiger partial charge in [-0.05, 0) is 18.3 Å². The van der Waals surface area contributed by atoms with Crippen LogP contribution in [0.2, 0.25) is 0 Å². The first-order valence-corrected chi connectivity index (χ1v) is 11.2. The quantitative estimate of drug-likeness (QED) is 0.221. The van der Waals surface area contributed by atoms with Crippen LogP contribution in [0.4, 0.5) is 0 Å². The average Bonchev–Trinajstić information content (AvgIpc) is 2.54. The lowest BCUT2D eigenvalue weighted by molar-refractivity contribution is 0.314. The highest BCUT2D eigenvalue weighted by Gasteiger charge is 2.13. The van der Waals surface area contributed by atoms with E-state index in [1.807, 2.05) is 0 Å². The third kappa shape index (κ3) is 16.6. The third-order valence-electron chi connectivity index (χ3n) is 5.47. The van der Waals surface area contributed by atoms with Crippen LogP contribution in [0.25, 0.3) is 0 Å². The van der Waals surface area contributed by atoms with E-state index in [0.717, 1.165) is 11.8 Å². The fourth-order valence-electron chi connectivity index (χ4n) is 3.88. The average molecular weight is 325 g/mol. The Morgan fingerprint density at radius 3 is 1.39 bits per heavy atom. The number of hydrogen-bond donors (Lipinski definition) is 0. The largest absolute Gasteiger partial charge is 0.0654 e. The molecule has 0 saturated carbocycles. The zero-order valence-corrected chi connectivity index (χ0v) is 17.2. The highest BCUT2D eigenvalue weighted by Crippen LogP contribution is 2.27. The van der Waals surface area contributed by atoms with Crippen molar-refractivity contribution in [3.8, 4) is 0 Å². The van der Waals surface area contributed by atoms with E-state index in [0.29, 0.717) is 0 Å². The molecule has 0 saturated heterocycles. The molecule has 0 nitrogen and oxygen atoms in total. The van der Waals surface area contributed by atoms with Gasteiger partial charge in [-0.2, -0.15) is 0 Å². The summed E-state index contributed by atoms with van der Waals surface area (Å²) in [5.41, 5.74) is 0. The second-order valence-electron chi connectivity index (χ2n) is 8.11. The molecule has 0 spiro atoms. The van der Waals surface area contributed by atoms with E-state index in [1.54, 1.807) is 0 Å². The van der Waals surface area contributed by atoms with Crippen molar-refractivity contribution in [2.75, 3.05) is 0 Å². The molecule has 23 heavy (non-hydrogen) atoms. The third-order valence-corrected chi connectivity index (χ3v) is 5.47. The van der Waals surface area contributed by atoms with Gasteiger partial charge in [0.25, 0.3) is 0 Å². The predicted octanol–water partition coefficient (Wildman–Crippen LogP) is 8.93. The minimum absolute atomic E-state index is 0.957. The minimum Gasteiger partial charge on any atom is -0.0654 e. The molecular weight excluding hydrogens is 276 g/mol. The maximum absolute atomic E-state index is 2.52. The minimum atomic E-state index is 0.957. The Balaban J connectivity index is 3.87. The Hall–Kier alpha value is 0. The summed E-state index contributed by atoms with van der Waals surface area (Å²) in [6.45, 7) is 9.47. The van der Waals surface area contributed by atoms with Gasteiger partial charge in [0.2, 0.25) is 0 Å². The molecule has 140 valence electrons. The second-order valence-corrected chi connectivity index (χ2v) is 8.11. The van der Waals surface area contributed by atoms with Crippen molar-refractivity contribution >= 4 is 0 Å². The Morgan fingerprint density at radius 1 is 0.478 bits per heavy atom. The molecule has 0 heterocycles. The number of hydrogen-bond acceptors (Lipinski definition) is 0. The normalized spacial score (nSPS) is 14.1. The molecule has 0 aromatic rings. The Bertz CT molecular complexity index is 208. The molecule has 0 aromatic heterocycles. The fourth-order valence-corrected chi connectivity index (χ4v) is 3.88. The summed E-state index contributed by atoms with van der Waals surface area (Å²) in [6.07, 6.45) is 24.7. The van der Waals surface area contributed by atoms with E-state index < -0.39 is 0 Å². The summed E-state index contributed by atoms with van der Waals surface area (Å²) >= 11 is 0. The van der Waals surface area contributed by atoms with E-state index in [1.165, 1.54) is 109 Å². The smallest absolute Gasteiger partial charge is 0.0412 e. The van der Waals surface area contributed by atoms with Gasteiger partial charge in [0, 0.05) is 0 Å². The highest BCUT2D eigenvalue weighted by atomic mass is 14.2. The zero-order valence-electron chi connectivity index (χ0n) is 17.2. The lowest BCUT2D eigenvalue weighted by Crippen LogP contribution is -2.07. The van der Waals surface area contributed by atoms with E-state index in [9.17, 15) is 0 Å². The fraction of sp³-hybridized carbons (Fsp3) is 1.00. The predicted molar refractivity (Wildman–Crippen MR) is 108 cm³/mol. The standard InChI is InChI=1S/C23H48/c1-5-8-11-13-16-18-22(4)21-23(19-15-10-7-3)20-17-14-12-9-6-2/h22-23H,5-21H2,1-4H3. The molecule has 0 heteroatoms. The first kappa shape index (κ1) is 23.0. The van der Waals surface area contributed by atoms with Gasteiger partial charge >= 0.3 is 0 Å². The molecule has 0 fully saturated rings. The lowest BCUT2D eigenvalue weighted by Gasteiger charge is -2.21. The van der Waals surface area contributed by atoms with Gasteiger partial charge in [-0.3, -0.25) is 0 Å². The lowest BCUT2D eigenvalue weighted by atomic mass is 9.85. The molecular formula is C23H48. The van der Waals surface area contributed by atoms with Crippen LogP contribution in [0.3, 0.4) is 0 Å². The topological polar surface area (TPSA) is 0 Å². The first-order chi connectivity index (χ1) is 11.2. The SMILES string of the molecule is CCCCCCCC(C)CC(CCCCC)CCCCCCC. The van der Waals surface area contributed by atoms with Crippen molar-refractivity contribution in [2.24, 2.45) is 11.8 Å². The van der Waals surface area contributed by atoms with Gasteiger partial charge in [0.15, 0.2) is 0 Å². The van der Waals surface area contributed by atoms with Crippen LogP contribution < -0.4 is 0 Å². The number of rotatable bonds is 18. The molecule has 0 aliphatic carbocycles. The summed E-state index contributed by atoms with van der Waals surface area (Å²) in [5, 5.41) is 0. The van der Waals surface area contributed by atoms with Crippen molar-refractivity contribution in [3.63, 3.8) is 0 Å². The van der Waals surface area contributed by atoms with Gasteiger partial charge < -0.3 is 0 Å². The van der Waals surface area contributed by atoms with Crippen LogP contribution in [-0.2, 0) is 0 Å². The maximum atomic E-state index is 2.52. The van der Waals surface area contributed by atoms with Crippen molar-refractivity contribution in [1.29, 1.82) is 0 Å². The first-order valence-electron chi connectivity index (χ1n) is 11.2. The van der Waals surface area contributed by atoms with Crippen LogP contribution in [0.1, 0.15) is 137 Å². The van der Waals surface area contributed by atoms with Crippen LogP contribution in [0.5, 0.6) is 0 Å². The van der Waals surface area contributed by atoms with E-state index >= 15 is 0 Å². The molecule has 0 bridgehead atoms. The highest BCUT2D eigenvalue weighted by molar-refractivity contribution is 4.65. The van der Waals surface area contributed by atoms with Gasteiger partial charge in [0.1, 0.15) is 0 Å².